The predicted molar refractivity (Wildman–Crippen MR) is 75.7 cm³/mol. The number of hydrogen-bond acceptors (Lipinski definition) is 4. The van der Waals surface area contributed by atoms with Gasteiger partial charge in [0, 0.05) is 20.2 Å². The highest BCUT2D eigenvalue weighted by Crippen LogP contribution is 2.26. The summed E-state index contributed by atoms with van der Waals surface area (Å²) in [4.78, 5) is -0.335. The van der Waals surface area contributed by atoms with Crippen molar-refractivity contribution in [3.8, 4) is 0 Å². The van der Waals surface area contributed by atoms with Crippen LogP contribution in [0.15, 0.2) is 23.1 Å². The van der Waals surface area contributed by atoms with Gasteiger partial charge in [0.05, 0.1) is 13.2 Å². The monoisotopic (exact) mass is 317 g/mol. The zero-order valence-corrected chi connectivity index (χ0v) is 12.8. The minimum Gasteiger partial charge on any atom is -0.392 e. The molecule has 1 aromatic rings. The van der Waals surface area contributed by atoms with E-state index in [0.717, 1.165) is 18.9 Å². The number of nitrogens with zero attached hydrogens (tertiary/aromatic N) is 1. The van der Waals surface area contributed by atoms with E-state index in [1.54, 1.807) is 7.11 Å². The quantitative estimate of drug-likeness (QED) is 0.890. The number of halogens is 1. The Kier molecular flexibility index (Phi) is 5.32. The fraction of sp³-hybridized carbons (Fsp3) is 0.571. The van der Waals surface area contributed by atoms with Gasteiger partial charge in [-0.2, -0.15) is 4.31 Å². The van der Waals surface area contributed by atoms with Crippen LogP contribution < -0.4 is 0 Å². The summed E-state index contributed by atoms with van der Waals surface area (Å²) in [7, 11) is -2.26. The molecule has 1 unspecified atom stereocenters. The second-order valence-corrected chi connectivity index (χ2v) is 7.16. The molecule has 0 saturated carbocycles. The summed E-state index contributed by atoms with van der Waals surface area (Å²) in [5.41, 5.74) is 0.349. The number of aliphatic hydroxyl groups excluding tert-OH is 1. The lowest BCUT2D eigenvalue weighted by Gasteiger charge is -2.31. The summed E-state index contributed by atoms with van der Waals surface area (Å²) in [5, 5.41) is 8.96. The first-order valence-corrected chi connectivity index (χ1v) is 8.31. The van der Waals surface area contributed by atoms with Crippen molar-refractivity contribution < 1.29 is 22.7 Å². The molecule has 1 aromatic carbocycles. The lowest BCUT2D eigenvalue weighted by Crippen LogP contribution is -2.41. The number of benzene rings is 1. The normalized spacial score (nSPS) is 20.6. The van der Waals surface area contributed by atoms with E-state index in [0.29, 0.717) is 25.3 Å². The van der Waals surface area contributed by atoms with E-state index in [-0.39, 0.29) is 17.4 Å². The topological polar surface area (TPSA) is 66.8 Å². The summed E-state index contributed by atoms with van der Waals surface area (Å²) in [5.74, 6) is -0.686. The molecule has 1 aliphatic heterocycles. The average Bonchev–Trinajstić information content (AvgIpc) is 2.47. The van der Waals surface area contributed by atoms with Gasteiger partial charge in [0.25, 0.3) is 0 Å². The van der Waals surface area contributed by atoms with Gasteiger partial charge in [-0.1, -0.05) is 6.07 Å². The van der Waals surface area contributed by atoms with E-state index in [1.165, 1.54) is 16.4 Å². The molecule has 1 heterocycles. The molecular weight excluding hydrogens is 297 g/mol. The Balaban J connectivity index is 2.25. The van der Waals surface area contributed by atoms with E-state index >= 15 is 0 Å². The summed E-state index contributed by atoms with van der Waals surface area (Å²) in [6, 6.07) is 3.70. The summed E-state index contributed by atoms with van der Waals surface area (Å²) in [6.07, 6.45) is 1.65. The maximum atomic E-state index is 14.0. The third kappa shape index (κ3) is 3.60. The van der Waals surface area contributed by atoms with Crippen molar-refractivity contribution in [2.75, 3.05) is 26.8 Å². The number of rotatable bonds is 5. The first-order chi connectivity index (χ1) is 9.98. The van der Waals surface area contributed by atoms with Gasteiger partial charge in [0.15, 0.2) is 0 Å². The highest BCUT2D eigenvalue weighted by molar-refractivity contribution is 7.89. The highest BCUT2D eigenvalue weighted by Gasteiger charge is 2.32. The minimum atomic E-state index is -3.85. The van der Waals surface area contributed by atoms with E-state index in [2.05, 4.69) is 0 Å². The fourth-order valence-electron chi connectivity index (χ4n) is 2.61. The number of methoxy groups -OCH3 is 1. The highest BCUT2D eigenvalue weighted by atomic mass is 32.2. The van der Waals surface area contributed by atoms with Gasteiger partial charge in [0.1, 0.15) is 10.7 Å². The molecule has 1 atom stereocenters. The molecule has 1 aliphatic rings. The molecule has 0 aliphatic carbocycles. The predicted octanol–water partition coefficient (Wildman–Crippen LogP) is 1.37. The van der Waals surface area contributed by atoms with Crippen molar-refractivity contribution in [3.63, 3.8) is 0 Å². The van der Waals surface area contributed by atoms with Crippen LogP contribution in [0.2, 0.25) is 0 Å². The second-order valence-electron chi connectivity index (χ2n) is 5.25. The van der Waals surface area contributed by atoms with Crippen LogP contribution in [0.25, 0.3) is 0 Å². The number of hydrogen-bond donors (Lipinski definition) is 1. The van der Waals surface area contributed by atoms with E-state index < -0.39 is 15.8 Å². The van der Waals surface area contributed by atoms with Crippen LogP contribution in [0.4, 0.5) is 4.39 Å². The number of sulfonamides is 1. The summed E-state index contributed by atoms with van der Waals surface area (Å²) < 4.78 is 45.5. The standard InChI is InChI=1S/C14H20FNO4S/c1-20-10-12-3-2-6-16(8-12)21(18,19)14-5-4-11(9-17)7-13(14)15/h4-5,7,12,17H,2-3,6,8-10H2,1H3. The first-order valence-electron chi connectivity index (χ1n) is 6.87. The van der Waals surface area contributed by atoms with Crippen LogP contribution >= 0.6 is 0 Å². The molecule has 0 radical (unpaired) electrons. The molecular formula is C14H20FNO4S. The molecule has 5 nitrogen and oxygen atoms in total. The van der Waals surface area contributed by atoms with Gasteiger partial charge in [-0.05, 0) is 36.5 Å². The number of aliphatic hydroxyl groups is 1. The molecule has 118 valence electrons. The first kappa shape index (κ1) is 16.4. The van der Waals surface area contributed by atoms with Gasteiger partial charge in [-0.15, -0.1) is 0 Å². The molecule has 0 amide bonds. The molecule has 0 bridgehead atoms. The van der Waals surface area contributed by atoms with Gasteiger partial charge >= 0.3 is 0 Å². The van der Waals surface area contributed by atoms with Crippen LogP contribution in [0.5, 0.6) is 0 Å². The molecule has 0 aromatic heterocycles. The Bertz CT molecular complexity index is 589. The maximum Gasteiger partial charge on any atom is 0.245 e. The van der Waals surface area contributed by atoms with E-state index in [4.69, 9.17) is 9.84 Å². The lowest BCUT2D eigenvalue weighted by atomic mass is 10.0. The summed E-state index contributed by atoms with van der Waals surface area (Å²) in [6.45, 7) is 0.913. The Labute approximate surface area is 124 Å². The van der Waals surface area contributed by atoms with E-state index in [9.17, 15) is 12.8 Å². The SMILES string of the molecule is COCC1CCCN(S(=O)(=O)c2ccc(CO)cc2F)C1. The molecule has 2 rings (SSSR count). The van der Waals surface area contributed by atoms with Gasteiger partial charge in [0.2, 0.25) is 10.0 Å². The van der Waals surface area contributed by atoms with Crippen LogP contribution in [0, 0.1) is 11.7 Å². The molecule has 7 heteroatoms. The maximum absolute atomic E-state index is 14.0. The molecule has 21 heavy (non-hydrogen) atoms. The smallest absolute Gasteiger partial charge is 0.245 e. The van der Waals surface area contributed by atoms with Crippen LogP contribution in [0.1, 0.15) is 18.4 Å². The Morgan fingerprint density at radius 3 is 2.86 bits per heavy atom. The Morgan fingerprint density at radius 1 is 1.48 bits per heavy atom. The molecule has 0 spiro atoms. The largest absolute Gasteiger partial charge is 0.392 e. The third-order valence-electron chi connectivity index (χ3n) is 3.68. The van der Waals surface area contributed by atoms with Crippen LogP contribution in [0.3, 0.4) is 0 Å². The van der Waals surface area contributed by atoms with Crippen molar-refractivity contribution in [1.29, 1.82) is 0 Å². The zero-order chi connectivity index (χ0) is 15.5. The Morgan fingerprint density at radius 2 is 2.24 bits per heavy atom. The number of piperidine rings is 1. The summed E-state index contributed by atoms with van der Waals surface area (Å²) >= 11 is 0. The van der Waals surface area contributed by atoms with Crippen LogP contribution in [-0.4, -0.2) is 44.6 Å². The Hall–Kier alpha value is -1.02. The van der Waals surface area contributed by atoms with Crippen molar-refractivity contribution in [1.82, 2.24) is 4.31 Å². The lowest BCUT2D eigenvalue weighted by molar-refractivity contribution is 0.118. The van der Waals surface area contributed by atoms with Crippen molar-refractivity contribution in [3.05, 3.63) is 29.6 Å². The van der Waals surface area contributed by atoms with Crippen molar-refractivity contribution in [2.24, 2.45) is 5.92 Å². The third-order valence-corrected chi connectivity index (χ3v) is 5.58. The van der Waals surface area contributed by atoms with Gasteiger partial charge in [-0.3, -0.25) is 0 Å². The molecule has 1 N–H and O–H groups in total. The van der Waals surface area contributed by atoms with Crippen LogP contribution in [-0.2, 0) is 21.4 Å². The van der Waals surface area contributed by atoms with E-state index in [1.807, 2.05) is 0 Å². The molecule has 1 saturated heterocycles. The second kappa shape index (κ2) is 6.83. The van der Waals surface area contributed by atoms with Gasteiger partial charge in [-0.25, -0.2) is 12.8 Å². The average molecular weight is 317 g/mol. The van der Waals surface area contributed by atoms with Crippen molar-refractivity contribution >= 4 is 10.0 Å². The molecule has 1 fully saturated rings. The zero-order valence-electron chi connectivity index (χ0n) is 12.0. The van der Waals surface area contributed by atoms with Gasteiger partial charge < -0.3 is 9.84 Å². The minimum absolute atomic E-state index is 0.137. The fourth-order valence-corrected chi connectivity index (χ4v) is 4.21. The van der Waals surface area contributed by atoms with Crippen molar-refractivity contribution in [2.45, 2.75) is 24.3 Å². The number of ether oxygens (including phenoxy) is 1.